The molecule has 2 heterocycles. The average Bonchev–Trinajstić information content (AvgIpc) is 3.73. The summed E-state index contributed by atoms with van der Waals surface area (Å²) in [5.74, 6) is 0. The molecule has 0 saturated heterocycles. The van der Waals surface area contributed by atoms with Gasteiger partial charge in [-0.3, -0.25) is 0 Å². The summed E-state index contributed by atoms with van der Waals surface area (Å²) in [6, 6.07) is 66.1. The Morgan fingerprint density at radius 3 is 1.71 bits per heavy atom. The maximum Gasteiger partial charge on any atom is 0.0554 e. The number of nitrogens with zero attached hydrogens (tertiary/aromatic N) is 2. The molecule has 49 heavy (non-hydrogen) atoms. The van der Waals surface area contributed by atoms with Gasteiger partial charge in [-0.05, 0) is 82.6 Å². The van der Waals surface area contributed by atoms with Gasteiger partial charge >= 0.3 is 0 Å². The first-order valence-corrected chi connectivity index (χ1v) is 17.5. The van der Waals surface area contributed by atoms with E-state index in [1.54, 1.807) is 0 Å². The molecule has 8 aromatic carbocycles. The van der Waals surface area contributed by atoms with E-state index in [1.807, 2.05) is 11.3 Å². The van der Waals surface area contributed by atoms with Gasteiger partial charge in [0.1, 0.15) is 0 Å². The fraction of sp³-hybridized carbons (Fsp3) is 0. The number of thiophene rings is 1. The number of rotatable bonds is 5. The van der Waals surface area contributed by atoms with E-state index in [0.29, 0.717) is 0 Å². The number of hydrogen-bond donors (Lipinski definition) is 0. The summed E-state index contributed by atoms with van der Waals surface area (Å²) in [7, 11) is 0. The van der Waals surface area contributed by atoms with Gasteiger partial charge in [0.05, 0.1) is 16.7 Å². The van der Waals surface area contributed by atoms with E-state index in [-0.39, 0.29) is 0 Å². The maximum atomic E-state index is 2.42. The lowest BCUT2D eigenvalue weighted by Crippen LogP contribution is -2.10. The summed E-state index contributed by atoms with van der Waals surface area (Å²) in [4.78, 5) is 2.42. The van der Waals surface area contributed by atoms with Crippen LogP contribution in [-0.4, -0.2) is 4.57 Å². The van der Waals surface area contributed by atoms with Crippen molar-refractivity contribution in [3.05, 3.63) is 182 Å². The zero-order chi connectivity index (χ0) is 32.3. The molecule has 3 heteroatoms. The fourth-order valence-electron chi connectivity index (χ4n) is 7.53. The van der Waals surface area contributed by atoms with E-state index < -0.39 is 0 Å². The van der Waals surface area contributed by atoms with Gasteiger partial charge < -0.3 is 9.47 Å². The van der Waals surface area contributed by atoms with Crippen LogP contribution in [0, 0.1) is 0 Å². The first-order valence-electron chi connectivity index (χ1n) is 16.7. The lowest BCUT2D eigenvalue weighted by atomic mass is 10.0. The molecule has 0 bridgehead atoms. The van der Waals surface area contributed by atoms with Gasteiger partial charge in [0.2, 0.25) is 0 Å². The molecule has 0 unspecified atom stereocenters. The summed E-state index contributed by atoms with van der Waals surface area (Å²) in [6.07, 6.45) is 0. The second-order valence-electron chi connectivity index (χ2n) is 12.6. The number of fused-ring (bicyclic) bond motifs is 8. The van der Waals surface area contributed by atoms with Gasteiger partial charge in [-0.15, -0.1) is 11.3 Å². The number of benzene rings is 8. The van der Waals surface area contributed by atoms with Gasteiger partial charge in [-0.2, -0.15) is 0 Å². The van der Waals surface area contributed by atoms with E-state index in [4.69, 9.17) is 0 Å². The predicted molar refractivity (Wildman–Crippen MR) is 211 cm³/mol. The van der Waals surface area contributed by atoms with Crippen LogP contribution in [0.4, 0.5) is 17.1 Å². The lowest BCUT2D eigenvalue weighted by Gasteiger charge is -2.27. The molecule has 10 aromatic rings. The Hall–Kier alpha value is -6.16. The molecule has 10 rings (SSSR count). The quantitative estimate of drug-likeness (QED) is 0.181. The molecule has 2 aromatic heterocycles. The summed E-state index contributed by atoms with van der Waals surface area (Å²) in [6.45, 7) is 0. The molecule has 0 saturated carbocycles. The second kappa shape index (κ2) is 11.2. The highest BCUT2D eigenvalue weighted by molar-refractivity contribution is 7.26. The molecule has 0 atom stereocenters. The van der Waals surface area contributed by atoms with Crippen molar-refractivity contribution in [3.8, 4) is 16.8 Å². The Bertz CT molecular complexity index is 2750. The molecular weight excluding hydrogens is 613 g/mol. The third-order valence-corrected chi connectivity index (χ3v) is 11.0. The van der Waals surface area contributed by atoms with Crippen LogP contribution in [-0.2, 0) is 0 Å². The third kappa shape index (κ3) is 4.47. The van der Waals surface area contributed by atoms with Gasteiger partial charge in [0, 0.05) is 48.0 Å². The van der Waals surface area contributed by atoms with Crippen LogP contribution in [0.3, 0.4) is 0 Å². The highest BCUT2D eigenvalue weighted by Gasteiger charge is 2.20. The molecule has 230 valence electrons. The molecule has 0 amide bonds. The van der Waals surface area contributed by atoms with Crippen molar-refractivity contribution >= 4 is 81.1 Å². The predicted octanol–water partition coefficient (Wildman–Crippen LogP) is 13.4. The largest absolute Gasteiger partial charge is 0.310 e. The van der Waals surface area contributed by atoms with Crippen LogP contribution in [0.1, 0.15) is 0 Å². The molecule has 2 nitrogen and oxygen atoms in total. The Kier molecular flexibility index (Phi) is 6.39. The van der Waals surface area contributed by atoms with Crippen LogP contribution in [0.5, 0.6) is 0 Å². The highest BCUT2D eigenvalue weighted by Crippen LogP contribution is 2.47. The number of para-hydroxylation sites is 2. The van der Waals surface area contributed by atoms with Crippen LogP contribution in [0.15, 0.2) is 182 Å². The van der Waals surface area contributed by atoms with Crippen molar-refractivity contribution in [1.29, 1.82) is 0 Å². The van der Waals surface area contributed by atoms with Crippen molar-refractivity contribution in [1.82, 2.24) is 4.57 Å². The molecule has 0 radical (unpaired) electrons. The molecule has 0 spiro atoms. The number of aromatic nitrogens is 1. The third-order valence-electron chi connectivity index (χ3n) is 9.78. The Morgan fingerprint density at radius 2 is 1.00 bits per heavy atom. The number of hydrogen-bond acceptors (Lipinski definition) is 2. The summed E-state index contributed by atoms with van der Waals surface area (Å²) < 4.78 is 5.00. The minimum atomic E-state index is 1.12. The van der Waals surface area contributed by atoms with Crippen molar-refractivity contribution < 1.29 is 0 Å². The zero-order valence-corrected chi connectivity index (χ0v) is 27.4. The second-order valence-corrected chi connectivity index (χ2v) is 13.6. The van der Waals surface area contributed by atoms with Crippen molar-refractivity contribution in [3.63, 3.8) is 0 Å². The van der Waals surface area contributed by atoms with Crippen LogP contribution < -0.4 is 4.90 Å². The van der Waals surface area contributed by atoms with E-state index in [2.05, 4.69) is 191 Å². The number of anilines is 3. The van der Waals surface area contributed by atoms with E-state index >= 15 is 0 Å². The van der Waals surface area contributed by atoms with Crippen LogP contribution >= 0.6 is 11.3 Å². The first kappa shape index (κ1) is 27.9. The molecular formula is C46H30N2S. The monoisotopic (exact) mass is 642 g/mol. The summed E-state index contributed by atoms with van der Waals surface area (Å²) >= 11 is 1.89. The average molecular weight is 643 g/mol. The zero-order valence-electron chi connectivity index (χ0n) is 26.6. The lowest BCUT2D eigenvalue weighted by molar-refractivity contribution is 1.17. The molecule has 0 N–H and O–H groups in total. The minimum absolute atomic E-state index is 1.12. The molecule has 0 aliphatic rings. The first-order chi connectivity index (χ1) is 24.3. The normalized spacial score (nSPS) is 11.7. The molecule has 0 fully saturated rings. The van der Waals surface area contributed by atoms with E-state index in [0.717, 1.165) is 17.1 Å². The van der Waals surface area contributed by atoms with Crippen LogP contribution in [0.25, 0.3) is 69.6 Å². The molecule has 0 aliphatic carbocycles. The van der Waals surface area contributed by atoms with E-state index in [1.165, 1.54) is 69.6 Å². The van der Waals surface area contributed by atoms with Crippen molar-refractivity contribution in [2.45, 2.75) is 0 Å². The van der Waals surface area contributed by atoms with Crippen LogP contribution in [0.2, 0.25) is 0 Å². The van der Waals surface area contributed by atoms with Crippen molar-refractivity contribution in [2.75, 3.05) is 4.90 Å². The summed E-state index contributed by atoms with van der Waals surface area (Å²) in [5, 5.41) is 7.70. The highest BCUT2D eigenvalue weighted by atomic mass is 32.1. The van der Waals surface area contributed by atoms with E-state index in [9.17, 15) is 0 Å². The summed E-state index contributed by atoms with van der Waals surface area (Å²) in [5.41, 5.74) is 9.41. The minimum Gasteiger partial charge on any atom is -0.310 e. The Labute approximate surface area is 288 Å². The standard InChI is InChI=1S/C46H30N2S/c1-2-11-31(12-3-1)32-21-24-34(25-22-32)47(43-19-10-20-44-45(43)40-30-23-33-13-4-5-14-37(33)46(40)49-44)35-26-28-36(29-27-35)48-41-17-8-6-15-38(41)39-16-7-9-18-42(39)48/h1-30H. The van der Waals surface area contributed by atoms with Gasteiger partial charge in [-0.1, -0.05) is 121 Å². The van der Waals surface area contributed by atoms with Gasteiger partial charge in [0.15, 0.2) is 0 Å². The molecule has 0 aliphatic heterocycles. The van der Waals surface area contributed by atoms with Gasteiger partial charge in [0.25, 0.3) is 0 Å². The topological polar surface area (TPSA) is 8.17 Å². The van der Waals surface area contributed by atoms with Crippen molar-refractivity contribution in [2.24, 2.45) is 0 Å². The fourth-order valence-corrected chi connectivity index (χ4v) is 8.79. The Morgan fingerprint density at radius 1 is 0.408 bits per heavy atom. The SMILES string of the molecule is c1ccc(-c2ccc(N(c3ccc(-n4c5ccccc5c5ccccc54)cc3)c3cccc4sc5c6ccccc6ccc5c34)cc2)cc1. The Balaban J connectivity index is 1.17. The maximum absolute atomic E-state index is 2.42. The van der Waals surface area contributed by atoms with Gasteiger partial charge in [-0.25, -0.2) is 0 Å². The smallest absolute Gasteiger partial charge is 0.0554 e.